The second-order valence-corrected chi connectivity index (χ2v) is 9.18. The van der Waals surface area contributed by atoms with Gasteiger partial charge in [0, 0.05) is 27.7 Å². The van der Waals surface area contributed by atoms with Crippen LogP contribution in [0.2, 0.25) is 0 Å². The fourth-order valence-corrected chi connectivity index (χ4v) is 4.99. The summed E-state index contributed by atoms with van der Waals surface area (Å²) in [5, 5.41) is -1.08. The normalized spacial score (nSPS) is 22.4. The van der Waals surface area contributed by atoms with E-state index in [1.807, 2.05) is 0 Å². The van der Waals surface area contributed by atoms with E-state index in [1.54, 1.807) is 0 Å². The van der Waals surface area contributed by atoms with Crippen molar-refractivity contribution in [2.75, 3.05) is 7.11 Å². The Kier molecular flexibility index (Phi) is 9.40. The van der Waals surface area contributed by atoms with Gasteiger partial charge in [-0.3, -0.25) is 19.2 Å². The van der Waals surface area contributed by atoms with Gasteiger partial charge in [0.1, 0.15) is 0 Å². The van der Waals surface area contributed by atoms with Crippen LogP contribution in [-0.2, 0) is 42.9 Å². The third-order valence-electron chi connectivity index (χ3n) is 5.15. The summed E-state index contributed by atoms with van der Waals surface area (Å²) in [7, 11) is 0.814. The average Bonchev–Trinajstić information content (AvgIpc) is 2.84. The monoisotopic (exact) mass is 597 g/mol. The summed E-state index contributed by atoms with van der Waals surface area (Å²) >= 11 is 0.0986. The Bertz CT molecular complexity index is 1380. The molecular formula is C23H20F5NO10S. The second-order valence-electron chi connectivity index (χ2n) is 8.07. The maximum absolute atomic E-state index is 15.1. The average molecular weight is 597 g/mol. The molecule has 2 heterocycles. The number of carbonyl (C=O) groups excluding carboxylic acids is 4. The Morgan fingerprint density at radius 2 is 1.25 bits per heavy atom. The van der Waals surface area contributed by atoms with Gasteiger partial charge in [0.05, 0.1) is 22.9 Å². The molecule has 17 heteroatoms. The second kappa shape index (κ2) is 12.2. The molecule has 1 aliphatic heterocycles. The number of nitrogens with zero attached hydrogens (tertiary/aromatic N) is 1. The van der Waals surface area contributed by atoms with Gasteiger partial charge in [-0.1, -0.05) is 11.8 Å². The lowest BCUT2D eigenvalue weighted by Crippen LogP contribution is -2.61. The maximum Gasteiger partial charge on any atom is 0.305 e. The van der Waals surface area contributed by atoms with E-state index in [0.717, 1.165) is 34.8 Å². The highest BCUT2D eigenvalue weighted by molar-refractivity contribution is 8.00. The van der Waals surface area contributed by atoms with Gasteiger partial charge >= 0.3 is 23.9 Å². The Morgan fingerprint density at radius 1 is 0.725 bits per heavy atom. The Hall–Kier alpha value is -3.73. The molecule has 0 radical (unpaired) electrons. The molecule has 0 saturated carbocycles. The summed E-state index contributed by atoms with van der Waals surface area (Å²) < 4.78 is 104. The predicted molar refractivity (Wildman–Crippen MR) is 121 cm³/mol. The first-order valence-electron chi connectivity index (χ1n) is 11.1. The zero-order valence-corrected chi connectivity index (χ0v) is 22.0. The van der Waals surface area contributed by atoms with E-state index in [2.05, 4.69) is 9.72 Å². The summed E-state index contributed by atoms with van der Waals surface area (Å²) in [5.74, 6) is -14.8. The van der Waals surface area contributed by atoms with Crippen molar-refractivity contribution < 1.29 is 69.6 Å². The number of thioether (sulfide) groups is 1. The van der Waals surface area contributed by atoms with Crippen LogP contribution < -0.4 is 4.74 Å². The first-order chi connectivity index (χ1) is 18.7. The molecule has 40 heavy (non-hydrogen) atoms. The van der Waals surface area contributed by atoms with Crippen LogP contribution in [0, 0.1) is 29.2 Å². The van der Waals surface area contributed by atoms with Crippen LogP contribution in [0.4, 0.5) is 22.0 Å². The van der Waals surface area contributed by atoms with Crippen LogP contribution in [0.5, 0.6) is 5.75 Å². The largest absolute Gasteiger partial charge is 0.493 e. The van der Waals surface area contributed by atoms with Gasteiger partial charge in [-0.25, -0.2) is 18.2 Å². The lowest BCUT2D eigenvalue weighted by Gasteiger charge is -2.43. The molecule has 11 nitrogen and oxygen atoms in total. The molecule has 5 unspecified atom stereocenters. The van der Waals surface area contributed by atoms with Gasteiger partial charge in [-0.15, -0.1) is 0 Å². The number of hydrogen-bond donors (Lipinski definition) is 0. The minimum Gasteiger partial charge on any atom is -0.493 e. The number of ether oxygens (including phenoxy) is 6. The van der Waals surface area contributed by atoms with Crippen LogP contribution in [0.3, 0.4) is 0 Å². The predicted octanol–water partition coefficient (Wildman–Crippen LogP) is 3.07. The fraction of sp³-hybridized carbons (Fsp3) is 0.435. The van der Waals surface area contributed by atoms with Gasteiger partial charge in [0.2, 0.25) is 18.2 Å². The Balaban J connectivity index is 2.26. The number of halogens is 5. The number of benzene rings is 1. The number of esters is 4. The molecule has 5 atom stereocenters. The van der Waals surface area contributed by atoms with Gasteiger partial charge in [-0.2, -0.15) is 8.78 Å². The first-order valence-corrected chi connectivity index (χ1v) is 12.0. The Morgan fingerprint density at radius 3 is 1.77 bits per heavy atom. The topological polar surface area (TPSA) is 137 Å². The highest BCUT2D eigenvalue weighted by Crippen LogP contribution is 2.44. The molecule has 0 bridgehead atoms. The number of rotatable bonds is 7. The summed E-state index contributed by atoms with van der Waals surface area (Å²) in [5.41, 5.74) is -2.77. The number of carbonyl (C=O) groups is 4. The molecule has 1 aromatic heterocycles. The van der Waals surface area contributed by atoms with E-state index < -0.39 is 105 Å². The summed E-state index contributed by atoms with van der Waals surface area (Å²) in [6.45, 7) is 3.74. The highest BCUT2D eigenvalue weighted by Gasteiger charge is 2.54. The number of pyridine rings is 1. The Labute approximate surface area is 226 Å². The number of aromatic nitrogens is 1. The zero-order valence-electron chi connectivity index (χ0n) is 21.2. The molecule has 0 N–H and O–H groups in total. The van der Waals surface area contributed by atoms with E-state index in [4.69, 9.17) is 23.7 Å². The van der Waals surface area contributed by atoms with Crippen LogP contribution in [-0.4, -0.2) is 66.0 Å². The molecule has 2 aromatic rings. The third kappa shape index (κ3) is 6.19. The van der Waals surface area contributed by atoms with Crippen molar-refractivity contribution in [3.05, 3.63) is 29.2 Å². The van der Waals surface area contributed by atoms with E-state index >= 15 is 4.39 Å². The van der Waals surface area contributed by atoms with E-state index in [0.29, 0.717) is 0 Å². The molecular weight excluding hydrogens is 577 g/mol. The molecule has 1 aliphatic rings. The van der Waals surface area contributed by atoms with Crippen molar-refractivity contribution in [1.29, 1.82) is 0 Å². The molecule has 1 saturated heterocycles. The van der Waals surface area contributed by atoms with Gasteiger partial charge in [-0.05, 0) is 0 Å². The third-order valence-corrected chi connectivity index (χ3v) is 6.37. The van der Waals surface area contributed by atoms with Crippen LogP contribution in [0.1, 0.15) is 27.7 Å². The smallest absolute Gasteiger partial charge is 0.305 e. The highest BCUT2D eigenvalue weighted by atomic mass is 32.2. The molecule has 1 fully saturated rings. The van der Waals surface area contributed by atoms with Crippen LogP contribution in [0.15, 0.2) is 4.90 Å². The fourth-order valence-electron chi connectivity index (χ4n) is 3.80. The van der Waals surface area contributed by atoms with Crippen molar-refractivity contribution in [1.82, 2.24) is 4.98 Å². The van der Waals surface area contributed by atoms with E-state index in [1.165, 1.54) is 0 Å². The zero-order chi connectivity index (χ0) is 30.0. The molecule has 0 spiro atoms. The molecule has 0 aliphatic carbocycles. The summed E-state index contributed by atoms with van der Waals surface area (Å²) in [4.78, 5) is 49.6. The molecule has 1 aromatic carbocycles. The van der Waals surface area contributed by atoms with Crippen molar-refractivity contribution in [3.8, 4) is 5.75 Å². The van der Waals surface area contributed by atoms with Gasteiger partial charge in [0.15, 0.2) is 40.8 Å². The standard InChI is InChI=1S/C23H20F5NO10S/c1-6(30)35-17-18(36-7(2)31)22(38-9(4)33)39-23(19(17)37-8(3)32)40-20-13(26)12(25)11(24)10-15(20)29-21(28)14(27)16(10)34-5/h17-19,22-23H,1-5H3. The van der Waals surface area contributed by atoms with Crippen molar-refractivity contribution in [2.24, 2.45) is 0 Å². The van der Waals surface area contributed by atoms with Crippen molar-refractivity contribution in [3.63, 3.8) is 0 Å². The van der Waals surface area contributed by atoms with Crippen LogP contribution >= 0.6 is 11.8 Å². The van der Waals surface area contributed by atoms with Gasteiger partial charge < -0.3 is 28.4 Å². The molecule has 3 rings (SSSR count). The lowest BCUT2D eigenvalue weighted by atomic mass is 10.0. The van der Waals surface area contributed by atoms with E-state index in [9.17, 15) is 36.7 Å². The minimum absolute atomic E-state index is 0.0986. The summed E-state index contributed by atoms with van der Waals surface area (Å²) in [6, 6.07) is 0. The number of methoxy groups -OCH3 is 1. The first kappa shape index (κ1) is 30.8. The molecule has 218 valence electrons. The minimum atomic E-state index is -2.13. The summed E-state index contributed by atoms with van der Waals surface area (Å²) in [6.07, 6.45) is -7.18. The lowest BCUT2D eigenvalue weighted by molar-refractivity contribution is -0.280. The SMILES string of the molecule is COc1c(F)c(F)nc2c(SC3OC(OC(C)=O)C(OC(C)=O)C(OC(C)=O)C3OC(C)=O)c(F)c(F)c(F)c12. The maximum atomic E-state index is 15.1. The van der Waals surface area contributed by atoms with Crippen molar-refractivity contribution >= 4 is 46.5 Å². The molecule has 0 amide bonds. The van der Waals surface area contributed by atoms with E-state index in [-0.39, 0.29) is 11.8 Å². The number of hydrogen-bond acceptors (Lipinski definition) is 12. The van der Waals surface area contributed by atoms with Crippen LogP contribution in [0.25, 0.3) is 10.9 Å². The van der Waals surface area contributed by atoms with Crippen molar-refractivity contribution in [2.45, 2.75) is 62.6 Å². The number of fused-ring (bicyclic) bond motifs is 1. The quantitative estimate of drug-likeness (QED) is 0.153. The van der Waals surface area contributed by atoms with Gasteiger partial charge in [0.25, 0.3) is 5.95 Å².